The van der Waals surface area contributed by atoms with E-state index in [0.717, 1.165) is 7.11 Å². The summed E-state index contributed by atoms with van der Waals surface area (Å²) in [5.41, 5.74) is 0.410. The molecule has 0 saturated heterocycles. The number of carbonyl (C=O) groups excluding carboxylic acids is 3. The van der Waals surface area contributed by atoms with E-state index in [1.165, 1.54) is 31.2 Å². The molecule has 130 valence electrons. The lowest BCUT2D eigenvalue weighted by molar-refractivity contribution is -0.139. The molecule has 0 aliphatic heterocycles. The normalized spacial score (nSPS) is 11.2. The van der Waals surface area contributed by atoms with Crippen LogP contribution in [0.15, 0.2) is 40.5 Å². The number of aliphatic hydroxyl groups excluding tert-OH is 1. The van der Waals surface area contributed by atoms with Crippen LogP contribution in [-0.4, -0.2) is 34.7 Å². The van der Waals surface area contributed by atoms with Crippen molar-refractivity contribution in [2.24, 2.45) is 0 Å². The number of hydrogen-bond donors (Lipinski definition) is 1. The van der Waals surface area contributed by atoms with Crippen molar-refractivity contribution in [3.63, 3.8) is 0 Å². The first-order chi connectivity index (χ1) is 11.8. The van der Waals surface area contributed by atoms with Gasteiger partial charge in [-0.2, -0.15) is 0 Å². The number of esters is 1. The minimum absolute atomic E-state index is 0.113. The number of aryl methyl sites for hydroxylation is 1. The molecule has 8 heteroatoms. The molecule has 0 atom stereocenters. The Bertz CT molecular complexity index is 851. The van der Waals surface area contributed by atoms with Crippen molar-refractivity contribution in [1.82, 2.24) is 4.98 Å². The van der Waals surface area contributed by atoms with Gasteiger partial charge < -0.3 is 14.3 Å². The summed E-state index contributed by atoms with van der Waals surface area (Å²) >= 11 is 0. The van der Waals surface area contributed by atoms with E-state index in [2.05, 4.69) is 9.72 Å². The van der Waals surface area contributed by atoms with Crippen LogP contribution in [0.3, 0.4) is 0 Å². The maximum Gasteiger partial charge on any atom is 0.373 e. The number of benzene rings is 1. The quantitative estimate of drug-likeness (QED) is 0.280. The first kappa shape index (κ1) is 18.1. The minimum atomic E-state index is -1.16. The molecule has 0 unspecified atom stereocenters. The molecule has 0 fully saturated rings. The predicted octanol–water partition coefficient (Wildman–Crippen LogP) is 2.08. The van der Waals surface area contributed by atoms with Crippen LogP contribution in [0.5, 0.6) is 0 Å². The third-order valence-corrected chi connectivity index (χ3v) is 3.18. The van der Waals surface area contributed by atoms with Gasteiger partial charge in [0.15, 0.2) is 11.6 Å². The van der Waals surface area contributed by atoms with Gasteiger partial charge in [0.1, 0.15) is 11.6 Å². The summed E-state index contributed by atoms with van der Waals surface area (Å²) in [6, 6.07) is 5.52. The Morgan fingerprint density at radius 2 is 1.92 bits per heavy atom. The molecule has 0 aliphatic rings. The Hall–Kier alpha value is -3.29. The molecule has 2 aromatic rings. The summed E-state index contributed by atoms with van der Waals surface area (Å²) < 4.78 is 22.5. The van der Waals surface area contributed by atoms with Gasteiger partial charge in [-0.25, -0.2) is 14.2 Å². The molecule has 1 aromatic carbocycles. The molecule has 1 heterocycles. The van der Waals surface area contributed by atoms with Gasteiger partial charge >= 0.3 is 5.97 Å². The van der Waals surface area contributed by atoms with Crippen LogP contribution in [0.4, 0.5) is 4.39 Å². The number of ketones is 2. The minimum Gasteiger partial charge on any atom is -0.502 e. The zero-order valence-corrected chi connectivity index (χ0v) is 13.4. The van der Waals surface area contributed by atoms with E-state index in [-0.39, 0.29) is 23.8 Å². The summed E-state index contributed by atoms with van der Waals surface area (Å²) in [7, 11) is 1.01. The number of carbonyl (C=O) groups is 3. The summed E-state index contributed by atoms with van der Waals surface area (Å²) in [6.45, 7) is 1.50. The maximum absolute atomic E-state index is 13.0. The van der Waals surface area contributed by atoms with E-state index >= 15 is 0 Å². The second-order valence-electron chi connectivity index (χ2n) is 5.02. The molecule has 0 aliphatic carbocycles. The third kappa shape index (κ3) is 4.37. The topological polar surface area (TPSA) is 107 Å². The Morgan fingerprint density at radius 3 is 2.52 bits per heavy atom. The number of allylic oxidation sites excluding steroid dienone is 1. The largest absolute Gasteiger partial charge is 0.502 e. The Kier molecular flexibility index (Phi) is 5.43. The van der Waals surface area contributed by atoms with Gasteiger partial charge in [-0.3, -0.25) is 9.59 Å². The number of ether oxygens (including phenoxy) is 1. The first-order valence-electron chi connectivity index (χ1n) is 7.10. The van der Waals surface area contributed by atoms with Gasteiger partial charge in [0.2, 0.25) is 11.5 Å². The van der Waals surface area contributed by atoms with Gasteiger partial charge in [0.25, 0.3) is 5.78 Å². The average Bonchev–Trinajstić information content (AvgIpc) is 2.95. The van der Waals surface area contributed by atoms with Gasteiger partial charge in [-0.05, 0) is 17.7 Å². The zero-order valence-electron chi connectivity index (χ0n) is 13.4. The zero-order chi connectivity index (χ0) is 18.6. The third-order valence-electron chi connectivity index (χ3n) is 3.18. The fourth-order valence-electron chi connectivity index (χ4n) is 2.02. The molecule has 0 amide bonds. The monoisotopic (exact) mass is 347 g/mol. The number of aromatic nitrogens is 1. The lowest BCUT2D eigenvalue weighted by Gasteiger charge is -2.01. The maximum atomic E-state index is 13.0. The van der Waals surface area contributed by atoms with E-state index in [1.54, 1.807) is 0 Å². The van der Waals surface area contributed by atoms with E-state index in [9.17, 15) is 23.9 Å². The number of Topliss-reactive ketones (excluding diaryl/α,β-unsaturated/α-hetero) is 1. The number of nitrogens with zero attached hydrogens (tertiary/aromatic N) is 1. The number of hydrogen-bond acceptors (Lipinski definition) is 7. The van der Waals surface area contributed by atoms with Crippen molar-refractivity contribution in [1.29, 1.82) is 0 Å². The summed E-state index contributed by atoms with van der Waals surface area (Å²) in [4.78, 5) is 39.1. The van der Waals surface area contributed by atoms with Crippen LogP contribution < -0.4 is 0 Å². The van der Waals surface area contributed by atoms with Crippen LogP contribution in [0.2, 0.25) is 0 Å². The van der Waals surface area contributed by atoms with E-state index < -0.39 is 29.1 Å². The highest BCUT2D eigenvalue weighted by molar-refractivity contribution is 6.47. The summed E-state index contributed by atoms with van der Waals surface area (Å²) in [5, 5.41) is 9.35. The van der Waals surface area contributed by atoms with Crippen LogP contribution in [0.25, 0.3) is 0 Å². The molecule has 0 saturated carbocycles. The molecule has 0 bridgehead atoms. The molecule has 1 N–H and O–H groups in total. The highest BCUT2D eigenvalue weighted by Gasteiger charge is 2.25. The number of rotatable bonds is 6. The van der Waals surface area contributed by atoms with E-state index in [4.69, 9.17) is 4.42 Å². The number of oxazole rings is 1. The van der Waals surface area contributed by atoms with Crippen LogP contribution >= 0.6 is 0 Å². The molecule has 0 spiro atoms. The SMILES string of the molecule is COC(=O)C(O)=CC(=O)C(=O)c1nc(C)oc1Cc1ccc(F)cc1. The predicted molar refractivity (Wildman–Crippen MR) is 82.5 cm³/mol. The summed E-state index contributed by atoms with van der Waals surface area (Å²) in [6.07, 6.45) is 0.571. The first-order valence-corrected chi connectivity index (χ1v) is 7.10. The van der Waals surface area contributed by atoms with Crippen molar-refractivity contribution < 1.29 is 33.0 Å². The molecule has 0 radical (unpaired) electrons. The van der Waals surface area contributed by atoms with Gasteiger partial charge in [-0.1, -0.05) is 12.1 Å². The molecule has 1 aromatic heterocycles. The molecule has 25 heavy (non-hydrogen) atoms. The van der Waals surface area contributed by atoms with Gasteiger partial charge in [0, 0.05) is 19.4 Å². The van der Waals surface area contributed by atoms with Crippen LogP contribution in [-0.2, 0) is 20.7 Å². The highest BCUT2D eigenvalue weighted by Crippen LogP contribution is 2.17. The van der Waals surface area contributed by atoms with E-state index in [0.29, 0.717) is 11.6 Å². The molecule has 7 nitrogen and oxygen atoms in total. The van der Waals surface area contributed by atoms with Gasteiger partial charge in [-0.15, -0.1) is 0 Å². The smallest absolute Gasteiger partial charge is 0.373 e. The Morgan fingerprint density at radius 1 is 1.28 bits per heavy atom. The fourth-order valence-corrected chi connectivity index (χ4v) is 2.02. The Balaban J connectivity index is 2.27. The lowest BCUT2D eigenvalue weighted by Crippen LogP contribution is -2.16. The van der Waals surface area contributed by atoms with Gasteiger partial charge in [0.05, 0.1) is 7.11 Å². The standard InChI is InChI=1S/C17H14FNO6/c1-9-19-15(16(22)12(20)8-13(21)17(23)24-2)14(25-9)7-10-3-5-11(18)6-4-10/h3-6,8,21H,7H2,1-2H3. The summed E-state index contributed by atoms with van der Waals surface area (Å²) in [5.74, 6) is -4.48. The second-order valence-corrected chi connectivity index (χ2v) is 5.02. The average molecular weight is 347 g/mol. The number of halogens is 1. The lowest BCUT2D eigenvalue weighted by atomic mass is 10.1. The van der Waals surface area contributed by atoms with Crippen molar-refractivity contribution in [2.45, 2.75) is 13.3 Å². The van der Waals surface area contributed by atoms with Crippen molar-refractivity contribution in [3.8, 4) is 0 Å². The van der Waals surface area contributed by atoms with Crippen molar-refractivity contribution >= 4 is 17.5 Å². The van der Waals surface area contributed by atoms with Crippen molar-refractivity contribution in [2.75, 3.05) is 7.11 Å². The molecule has 2 rings (SSSR count). The van der Waals surface area contributed by atoms with Crippen molar-refractivity contribution in [3.05, 3.63) is 64.8 Å². The molecular weight excluding hydrogens is 333 g/mol. The Labute approximate surface area is 141 Å². The highest BCUT2D eigenvalue weighted by atomic mass is 19.1. The van der Waals surface area contributed by atoms with E-state index in [1.807, 2.05) is 0 Å². The number of methoxy groups -OCH3 is 1. The number of aliphatic hydroxyl groups is 1. The second kappa shape index (κ2) is 7.52. The fraction of sp³-hybridized carbons (Fsp3) is 0.176. The van der Waals surface area contributed by atoms with Crippen LogP contribution in [0.1, 0.15) is 27.7 Å². The molecular formula is C17H14FNO6. The van der Waals surface area contributed by atoms with Crippen LogP contribution in [0, 0.1) is 12.7 Å².